The second kappa shape index (κ2) is 5.98. The number of carbonyl (C=O) groups is 2. The van der Waals surface area contributed by atoms with Gasteiger partial charge in [-0.3, -0.25) is 9.59 Å². The molecule has 4 atom stereocenters. The summed E-state index contributed by atoms with van der Waals surface area (Å²) in [5, 5.41) is 3.28. The molecule has 3 aliphatic rings. The van der Waals surface area contributed by atoms with Crippen molar-refractivity contribution in [1.29, 1.82) is 0 Å². The van der Waals surface area contributed by atoms with Gasteiger partial charge in [0.25, 0.3) is 0 Å². The summed E-state index contributed by atoms with van der Waals surface area (Å²) < 4.78 is 0. The molecule has 2 amide bonds. The highest BCUT2D eigenvalue weighted by atomic mass is 16.2. The zero-order valence-electron chi connectivity index (χ0n) is 13.3. The van der Waals surface area contributed by atoms with E-state index in [-0.39, 0.29) is 17.7 Å². The Morgan fingerprint density at radius 2 is 1.81 bits per heavy atom. The van der Waals surface area contributed by atoms with Crippen LogP contribution in [-0.2, 0) is 9.59 Å². The number of carbonyl (C=O) groups excluding carboxylic acids is 2. The number of rotatable bonds is 3. The number of nitrogens with one attached hydrogen (secondary N) is 1. The molecule has 2 bridgehead atoms. The van der Waals surface area contributed by atoms with Crippen LogP contribution in [0.4, 0.5) is 0 Å². The molecule has 0 radical (unpaired) electrons. The van der Waals surface area contributed by atoms with Crippen LogP contribution in [0.3, 0.4) is 0 Å². The fraction of sp³-hybridized carbons (Fsp3) is 0.882. The average molecular weight is 292 g/mol. The van der Waals surface area contributed by atoms with Crippen LogP contribution in [0.15, 0.2) is 0 Å². The van der Waals surface area contributed by atoms with Crippen molar-refractivity contribution in [2.24, 2.45) is 23.7 Å². The van der Waals surface area contributed by atoms with E-state index in [9.17, 15) is 9.59 Å². The first-order valence-corrected chi connectivity index (χ1v) is 8.60. The van der Waals surface area contributed by atoms with Crippen LogP contribution in [0.2, 0.25) is 0 Å². The van der Waals surface area contributed by atoms with Gasteiger partial charge in [0.15, 0.2) is 0 Å². The SMILES string of the molecule is CC(=O)N1CCC(C(=O)N[C@@H](C)[C@H]2C[C@@H]3CC[C@@H]2C3)CC1. The lowest BCUT2D eigenvalue weighted by Gasteiger charge is -2.33. The van der Waals surface area contributed by atoms with Gasteiger partial charge in [0.2, 0.25) is 11.8 Å². The van der Waals surface area contributed by atoms with Gasteiger partial charge in [-0.25, -0.2) is 0 Å². The maximum atomic E-state index is 12.4. The fourth-order valence-corrected chi connectivity index (χ4v) is 4.81. The molecule has 0 aromatic heterocycles. The highest BCUT2D eigenvalue weighted by molar-refractivity contribution is 5.79. The van der Waals surface area contributed by atoms with Gasteiger partial charge in [0.05, 0.1) is 0 Å². The lowest BCUT2D eigenvalue weighted by molar-refractivity contribution is -0.134. The van der Waals surface area contributed by atoms with Gasteiger partial charge < -0.3 is 10.2 Å². The normalized spacial score (nSPS) is 34.0. The Bertz CT molecular complexity index is 415. The van der Waals surface area contributed by atoms with E-state index in [4.69, 9.17) is 0 Å². The maximum Gasteiger partial charge on any atom is 0.223 e. The molecule has 0 aromatic rings. The van der Waals surface area contributed by atoms with Crippen LogP contribution in [0.25, 0.3) is 0 Å². The third-order valence-electron chi connectivity index (χ3n) is 6.12. The predicted octanol–water partition coefficient (Wildman–Crippen LogP) is 2.19. The predicted molar refractivity (Wildman–Crippen MR) is 81.5 cm³/mol. The largest absolute Gasteiger partial charge is 0.353 e. The van der Waals surface area contributed by atoms with Gasteiger partial charge in [-0.15, -0.1) is 0 Å². The third-order valence-corrected chi connectivity index (χ3v) is 6.12. The Morgan fingerprint density at radius 1 is 1.10 bits per heavy atom. The highest BCUT2D eigenvalue weighted by Crippen LogP contribution is 2.49. The lowest BCUT2D eigenvalue weighted by atomic mass is 9.83. The molecular formula is C17H28N2O2. The summed E-state index contributed by atoms with van der Waals surface area (Å²) in [7, 11) is 0. The van der Waals surface area contributed by atoms with Crippen molar-refractivity contribution in [3.05, 3.63) is 0 Å². The molecule has 3 fully saturated rings. The van der Waals surface area contributed by atoms with Crippen LogP contribution < -0.4 is 5.32 Å². The van der Waals surface area contributed by atoms with Crippen molar-refractivity contribution >= 4 is 11.8 Å². The number of hydrogen-bond acceptors (Lipinski definition) is 2. The maximum absolute atomic E-state index is 12.4. The van der Waals surface area contributed by atoms with Gasteiger partial charge in [-0.05, 0) is 56.8 Å². The number of likely N-dealkylation sites (tertiary alicyclic amines) is 1. The Hall–Kier alpha value is -1.06. The van der Waals surface area contributed by atoms with Crippen LogP contribution in [0, 0.1) is 23.7 Å². The summed E-state index contributed by atoms with van der Waals surface area (Å²) in [4.78, 5) is 25.6. The molecule has 1 heterocycles. The van der Waals surface area contributed by atoms with Crippen LogP contribution in [0.5, 0.6) is 0 Å². The van der Waals surface area contributed by atoms with Crippen molar-refractivity contribution in [2.45, 2.75) is 58.4 Å². The molecule has 3 rings (SSSR count). The number of fused-ring (bicyclic) bond motifs is 2. The minimum absolute atomic E-state index is 0.0987. The summed E-state index contributed by atoms with van der Waals surface area (Å²) in [6, 6.07) is 0.318. The molecular weight excluding hydrogens is 264 g/mol. The van der Waals surface area contributed by atoms with Crippen molar-refractivity contribution < 1.29 is 9.59 Å². The van der Waals surface area contributed by atoms with Gasteiger partial charge in [0.1, 0.15) is 0 Å². The molecule has 1 aliphatic heterocycles. The lowest BCUT2D eigenvalue weighted by Crippen LogP contribution is -2.46. The zero-order chi connectivity index (χ0) is 15.0. The molecule has 4 nitrogen and oxygen atoms in total. The first kappa shape index (κ1) is 14.9. The zero-order valence-corrected chi connectivity index (χ0v) is 13.3. The number of amides is 2. The first-order chi connectivity index (χ1) is 10.0. The molecule has 0 unspecified atom stereocenters. The Kier molecular flexibility index (Phi) is 4.23. The second-order valence-electron chi connectivity index (χ2n) is 7.42. The first-order valence-electron chi connectivity index (χ1n) is 8.60. The minimum atomic E-state index is 0.0987. The Labute approximate surface area is 127 Å². The standard InChI is InChI=1S/C17H28N2O2/c1-11(16-10-13-3-4-15(16)9-13)18-17(21)14-5-7-19(8-6-14)12(2)20/h11,13-16H,3-10H2,1-2H3,(H,18,21)/t11-,13+,15+,16+/m0/s1. The summed E-state index contributed by atoms with van der Waals surface area (Å²) in [6.45, 7) is 5.26. The second-order valence-corrected chi connectivity index (χ2v) is 7.42. The van der Waals surface area contributed by atoms with Gasteiger partial charge in [-0.1, -0.05) is 6.42 Å². The van der Waals surface area contributed by atoms with E-state index >= 15 is 0 Å². The molecule has 21 heavy (non-hydrogen) atoms. The number of nitrogens with zero attached hydrogens (tertiary/aromatic N) is 1. The smallest absolute Gasteiger partial charge is 0.223 e. The van der Waals surface area contributed by atoms with Crippen molar-refractivity contribution in [2.75, 3.05) is 13.1 Å². The Morgan fingerprint density at radius 3 is 2.33 bits per heavy atom. The summed E-state index contributed by atoms with van der Waals surface area (Å²) in [6.07, 6.45) is 7.11. The minimum Gasteiger partial charge on any atom is -0.353 e. The molecule has 1 N–H and O–H groups in total. The fourth-order valence-electron chi connectivity index (χ4n) is 4.81. The highest BCUT2D eigenvalue weighted by Gasteiger charge is 2.42. The molecule has 4 heteroatoms. The molecule has 0 spiro atoms. The van der Waals surface area contributed by atoms with E-state index in [1.165, 1.54) is 25.7 Å². The number of piperidine rings is 1. The molecule has 2 saturated carbocycles. The average Bonchev–Trinajstić information content (AvgIpc) is 3.10. The van der Waals surface area contributed by atoms with Crippen LogP contribution in [-0.4, -0.2) is 35.8 Å². The molecule has 1 saturated heterocycles. The number of hydrogen-bond donors (Lipinski definition) is 1. The van der Waals surface area contributed by atoms with E-state index < -0.39 is 0 Å². The summed E-state index contributed by atoms with van der Waals surface area (Å²) in [5.74, 6) is 2.92. The Balaban J connectivity index is 1.47. The van der Waals surface area contributed by atoms with E-state index in [1.807, 2.05) is 4.90 Å². The van der Waals surface area contributed by atoms with Crippen molar-refractivity contribution in [3.8, 4) is 0 Å². The summed E-state index contributed by atoms with van der Waals surface area (Å²) in [5.41, 5.74) is 0. The quantitative estimate of drug-likeness (QED) is 0.867. The summed E-state index contributed by atoms with van der Waals surface area (Å²) >= 11 is 0. The third kappa shape index (κ3) is 3.09. The monoisotopic (exact) mass is 292 g/mol. The van der Waals surface area contributed by atoms with Crippen LogP contribution in [0.1, 0.15) is 52.4 Å². The van der Waals surface area contributed by atoms with Crippen molar-refractivity contribution in [1.82, 2.24) is 10.2 Å². The molecule has 2 aliphatic carbocycles. The van der Waals surface area contributed by atoms with Crippen molar-refractivity contribution in [3.63, 3.8) is 0 Å². The van der Waals surface area contributed by atoms with E-state index in [2.05, 4.69) is 12.2 Å². The van der Waals surface area contributed by atoms with E-state index in [1.54, 1.807) is 6.92 Å². The van der Waals surface area contributed by atoms with E-state index in [0.717, 1.165) is 37.8 Å². The van der Waals surface area contributed by atoms with Gasteiger partial charge in [-0.2, -0.15) is 0 Å². The topological polar surface area (TPSA) is 49.4 Å². The molecule has 0 aromatic carbocycles. The molecule has 118 valence electrons. The van der Waals surface area contributed by atoms with Crippen LogP contribution >= 0.6 is 0 Å². The van der Waals surface area contributed by atoms with E-state index in [0.29, 0.717) is 12.0 Å². The van der Waals surface area contributed by atoms with Gasteiger partial charge >= 0.3 is 0 Å². The van der Waals surface area contributed by atoms with Gasteiger partial charge in [0, 0.05) is 32.0 Å².